The first-order valence-electron chi connectivity index (χ1n) is 8.75. The summed E-state index contributed by atoms with van der Waals surface area (Å²) >= 11 is 5.96. The summed E-state index contributed by atoms with van der Waals surface area (Å²) in [4.78, 5) is 22.6. The maximum atomic E-state index is 12.6. The summed E-state index contributed by atoms with van der Waals surface area (Å²) in [5, 5.41) is 13.2. The molecule has 1 aromatic heterocycles. The molecule has 11 heteroatoms. The smallest absolute Gasteiger partial charge is 0.387 e. The van der Waals surface area contributed by atoms with Gasteiger partial charge in [0.2, 0.25) is 0 Å². The number of carbonyl (C=O) groups excluding carboxylic acids is 1. The molecule has 0 aliphatic carbocycles. The van der Waals surface area contributed by atoms with E-state index in [1.807, 2.05) is 0 Å². The fourth-order valence-corrected chi connectivity index (χ4v) is 2.79. The van der Waals surface area contributed by atoms with Gasteiger partial charge < -0.3 is 19.2 Å². The fourth-order valence-electron chi connectivity index (χ4n) is 2.56. The van der Waals surface area contributed by atoms with E-state index in [9.17, 15) is 23.7 Å². The number of nitro benzene ring substituents is 1. The summed E-state index contributed by atoms with van der Waals surface area (Å²) in [6, 6.07) is 11.0. The Hall–Kier alpha value is -3.66. The highest BCUT2D eigenvalue weighted by atomic mass is 35.5. The van der Waals surface area contributed by atoms with Crippen LogP contribution in [0.2, 0.25) is 5.02 Å². The summed E-state index contributed by atoms with van der Waals surface area (Å²) < 4.78 is 40.5. The maximum Gasteiger partial charge on any atom is 0.387 e. The van der Waals surface area contributed by atoms with Crippen LogP contribution in [-0.4, -0.2) is 17.4 Å². The van der Waals surface area contributed by atoms with E-state index >= 15 is 0 Å². The lowest BCUT2D eigenvalue weighted by Crippen LogP contribution is -2.13. The molecular weight excluding hydrogens is 438 g/mol. The van der Waals surface area contributed by atoms with Gasteiger partial charge in [-0.2, -0.15) is 8.78 Å². The molecule has 1 heterocycles. The van der Waals surface area contributed by atoms with Gasteiger partial charge in [0.15, 0.2) is 5.76 Å². The molecule has 0 saturated carbocycles. The normalized spacial score (nSPS) is 10.7. The zero-order chi connectivity index (χ0) is 22.5. The summed E-state index contributed by atoms with van der Waals surface area (Å²) in [5.41, 5.74) is 0.555. The number of halogens is 3. The van der Waals surface area contributed by atoms with Crippen molar-refractivity contribution in [2.75, 3.05) is 5.32 Å². The van der Waals surface area contributed by atoms with E-state index < -0.39 is 17.4 Å². The molecule has 0 radical (unpaired) electrons. The van der Waals surface area contributed by atoms with Crippen LogP contribution in [0.4, 0.5) is 20.2 Å². The number of ether oxygens (including phenoxy) is 2. The molecule has 31 heavy (non-hydrogen) atoms. The first-order valence-corrected chi connectivity index (χ1v) is 9.13. The third-order valence-electron chi connectivity index (χ3n) is 3.98. The third kappa shape index (κ3) is 5.70. The average Bonchev–Trinajstić information content (AvgIpc) is 3.17. The van der Waals surface area contributed by atoms with Gasteiger partial charge in [-0.15, -0.1) is 0 Å². The molecule has 0 atom stereocenters. The number of nitrogens with one attached hydrogen (secondary N) is 1. The number of alkyl halides is 2. The van der Waals surface area contributed by atoms with Crippen molar-refractivity contribution in [1.82, 2.24) is 0 Å². The van der Waals surface area contributed by atoms with E-state index in [2.05, 4.69) is 10.1 Å². The minimum Gasteiger partial charge on any atom is -0.484 e. The number of rotatable bonds is 8. The molecule has 0 aliphatic rings. The summed E-state index contributed by atoms with van der Waals surface area (Å²) in [6.07, 6.45) is 0. The lowest BCUT2D eigenvalue weighted by atomic mass is 10.2. The Bertz CT molecular complexity index is 1120. The largest absolute Gasteiger partial charge is 0.484 e. The Morgan fingerprint density at radius 1 is 1.19 bits per heavy atom. The minimum absolute atomic E-state index is 0.0460. The number of amides is 1. The van der Waals surface area contributed by atoms with Crippen LogP contribution < -0.4 is 14.8 Å². The van der Waals surface area contributed by atoms with E-state index in [0.29, 0.717) is 5.56 Å². The number of anilines is 1. The van der Waals surface area contributed by atoms with Gasteiger partial charge in [-0.25, -0.2) is 0 Å². The number of nitrogens with zero attached hydrogens (tertiary/aromatic N) is 1. The van der Waals surface area contributed by atoms with Crippen molar-refractivity contribution < 1.29 is 32.4 Å². The van der Waals surface area contributed by atoms with Gasteiger partial charge in [0.25, 0.3) is 11.6 Å². The molecule has 1 N–H and O–H groups in total. The lowest BCUT2D eigenvalue weighted by molar-refractivity contribution is -0.384. The quantitative estimate of drug-likeness (QED) is 0.353. The van der Waals surface area contributed by atoms with Crippen molar-refractivity contribution in [3.05, 3.63) is 80.8 Å². The van der Waals surface area contributed by atoms with Crippen molar-refractivity contribution in [3.8, 4) is 11.5 Å². The van der Waals surface area contributed by atoms with Crippen molar-refractivity contribution in [1.29, 1.82) is 0 Å². The summed E-state index contributed by atoms with van der Waals surface area (Å²) in [6.45, 7) is -1.45. The van der Waals surface area contributed by atoms with Gasteiger partial charge >= 0.3 is 6.61 Å². The standard InChI is InChI=1S/C20H15ClF2N2O6/c1-11-2-5-15(18(8-11)31-20(22)23)24-19(26)17-7-4-13(30-17)10-29-16-6-3-12(25(27)28)9-14(16)21/h2-9,20H,10H2,1H3,(H,24,26). The zero-order valence-corrected chi connectivity index (χ0v) is 16.7. The minimum atomic E-state index is -3.05. The molecule has 3 aromatic rings. The Morgan fingerprint density at radius 2 is 1.97 bits per heavy atom. The highest BCUT2D eigenvalue weighted by molar-refractivity contribution is 6.32. The molecule has 2 aromatic carbocycles. The Morgan fingerprint density at radius 3 is 2.65 bits per heavy atom. The maximum absolute atomic E-state index is 12.6. The number of aryl methyl sites for hydroxylation is 1. The molecule has 8 nitrogen and oxygen atoms in total. The fraction of sp³-hybridized carbons (Fsp3) is 0.150. The van der Waals surface area contributed by atoms with E-state index in [-0.39, 0.29) is 46.0 Å². The number of hydrogen-bond donors (Lipinski definition) is 1. The molecule has 0 bridgehead atoms. The predicted molar refractivity (Wildman–Crippen MR) is 107 cm³/mol. The van der Waals surface area contributed by atoms with Crippen LogP contribution in [0.5, 0.6) is 11.5 Å². The van der Waals surface area contributed by atoms with Crippen molar-refractivity contribution in [2.24, 2.45) is 0 Å². The average molecular weight is 453 g/mol. The van der Waals surface area contributed by atoms with Gasteiger partial charge in [0, 0.05) is 12.1 Å². The van der Waals surface area contributed by atoms with E-state index in [1.165, 1.54) is 36.4 Å². The molecule has 0 fully saturated rings. The van der Waals surface area contributed by atoms with Crippen molar-refractivity contribution in [2.45, 2.75) is 20.1 Å². The number of carbonyl (C=O) groups is 1. The molecule has 162 valence electrons. The summed E-state index contributed by atoms with van der Waals surface area (Å²) in [5.74, 6) is -0.471. The molecule has 0 saturated heterocycles. The second-order valence-electron chi connectivity index (χ2n) is 6.26. The first kappa shape index (κ1) is 22.0. The first-order chi connectivity index (χ1) is 14.7. The second kappa shape index (κ2) is 9.43. The van der Waals surface area contributed by atoms with Crippen molar-refractivity contribution in [3.63, 3.8) is 0 Å². The molecule has 1 amide bonds. The highest BCUT2D eigenvalue weighted by Crippen LogP contribution is 2.30. The summed E-state index contributed by atoms with van der Waals surface area (Å²) in [7, 11) is 0. The highest BCUT2D eigenvalue weighted by Gasteiger charge is 2.17. The van der Waals surface area contributed by atoms with Crippen molar-refractivity contribution >= 4 is 28.9 Å². The van der Waals surface area contributed by atoms with E-state index in [4.69, 9.17) is 20.8 Å². The zero-order valence-electron chi connectivity index (χ0n) is 15.9. The molecule has 0 spiro atoms. The number of hydrogen-bond acceptors (Lipinski definition) is 6. The SMILES string of the molecule is Cc1ccc(NC(=O)c2ccc(COc3ccc([N+](=O)[O-])cc3Cl)o2)c(OC(F)F)c1. The third-order valence-corrected chi connectivity index (χ3v) is 4.28. The van der Waals surface area contributed by atoms with Gasteiger partial charge in [0.05, 0.1) is 15.6 Å². The van der Waals surface area contributed by atoms with Crippen LogP contribution >= 0.6 is 11.6 Å². The van der Waals surface area contributed by atoms with Crippen LogP contribution in [0, 0.1) is 17.0 Å². The molecular formula is C20H15ClF2N2O6. The van der Waals surface area contributed by atoms with E-state index in [0.717, 1.165) is 6.07 Å². The van der Waals surface area contributed by atoms with Gasteiger partial charge in [-0.05, 0) is 42.8 Å². The van der Waals surface area contributed by atoms with Crippen LogP contribution in [0.15, 0.2) is 52.9 Å². The number of furan rings is 1. The molecule has 0 aliphatic heterocycles. The second-order valence-corrected chi connectivity index (χ2v) is 6.67. The molecule has 0 unspecified atom stereocenters. The van der Waals surface area contributed by atoms with Crippen LogP contribution in [0.1, 0.15) is 21.9 Å². The Balaban J connectivity index is 1.66. The number of nitro groups is 1. The van der Waals surface area contributed by atoms with Crippen LogP contribution in [0.3, 0.4) is 0 Å². The number of non-ortho nitro benzene ring substituents is 1. The molecule has 3 rings (SSSR count). The Labute approximate surface area is 179 Å². The number of benzene rings is 2. The van der Waals surface area contributed by atoms with Gasteiger partial charge in [-0.1, -0.05) is 17.7 Å². The van der Waals surface area contributed by atoms with Crippen LogP contribution in [0.25, 0.3) is 0 Å². The van der Waals surface area contributed by atoms with Crippen LogP contribution in [-0.2, 0) is 6.61 Å². The van der Waals surface area contributed by atoms with Gasteiger partial charge in [-0.3, -0.25) is 14.9 Å². The van der Waals surface area contributed by atoms with E-state index in [1.54, 1.807) is 13.0 Å². The lowest BCUT2D eigenvalue weighted by Gasteiger charge is -2.12. The predicted octanol–water partition coefficient (Wildman–Crippen LogP) is 5.58. The Kier molecular flexibility index (Phi) is 6.71. The van der Waals surface area contributed by atoms with Gasteiger partial charge in [0.1, 0.15) is 23.9 Å². The topological polar surface area (TPSA) is 104 Å². The monoisotopic (exact) mass is 452 g/mol.